The van der Waals surface area contributed by atoms with E-state index in [2.05, 4.69) is 25.5 Å². The van der Waals surface area contributed by atoms with E-state index in [4.69, 9.17) is 0 Å². The van der Waals surface area contributed by atoms with Crippen molar-refractivity contribution in [2.45, 2.75) is 6.18 Å². The van der Waals surface area contributed by atoms with E-state index in [-0.39, 0.29) is 11.4 Å². The molecule has 38 heavy (non-hydrogen) atoms. The number of anilines is 2. The number of para-hydroxylation sites is 1. The minimum absolute atomic E-state index is 0.0248. The van der Waals surface area contributed by atoms with E-state index in [0.29, 0.717) is 22.5 Å². The Balaban J connectivity index is 1.53. The number of nitrogens with one attached hydrogen (secondary N) is 2. The van der Waals surface area contributed by atoms with Crippen molar-refractivity contribution in [2.24, 2.45) is 0 Å². The fraction of sp³-hybridized carbons (Fsp3) is 0.0333. The van der Waals surface area contributed by atoms with Gasteiger partial charge in [0, 0.05) is 16.5 Å². The summed E-state index contributed by atoms with van der Waals surface area (Å²) >= 11 is 0. The molecular formula is C30H20F3N5. The largest absolute Gasteiger partial charge is 0.417 e. The van der Waals surface area contributed by atoms with Crippen LogP contribution in [0.2, 0.25) is 0 Å². The Morgan fingerprint density at radius 3 is 2.03 bits per heavy atom. The zero-order chi connectivity index (χ0) is 26.1. The summed E-state index contributed by atoms with van der Waals surface area (Å²) in [4.78, 5) is 9.07. The topological polar surface area (TPSA) is 66.5 Å². The highest BCUT2D eigenvalue weighted by atomic mass is 19.4. The molecule has 0 saturated heterocycles. The van der Waals surface area contributed by atoms with Crippen molar-refractivity contribution in [3.63, 3.8) is 0 Å². The van der Waals surface area contributed by atoms with E-state index in [1.54, 1.807) is 18.2 Å². The normalized spacial score (nSPS) is 11.6. The number of hydrogen-bond acceptors (Lipinski definition) is 4. The van der Waals surface area contributed by atoms with Gasteiger partial charge < -0.3 is 5.32 Å². The smallest absolute Gasteiger partial charge is 0.324 e. The number of fused-ring (bicyclic) bond motifs is 1. The molecule has 0 aliphatic rings. The van der Waals surface area contributed by atoms with Gasteiger partial charge in [-0.3, -0.25) is 5.10 Å². The molecule has 2 heterocycles. The molecule has 4 aromatic carbocycles. The summed E-state index contributed by atoms with van der Waals surface area (Å²) in [5, 5.41) is 11.6. The van der Waals surface area contributed by atoms with Gasteiger partial charge in [-0.25, -0.2) is 9.97 Å². The summed E-state index contributed by atoms with van der Waals surface area (Å²) in [6, 6.07) is 32.0. The highest BCUT2D eigenvalue weighted by Crippen LogP contribution is 2.40. The van der Waals surface area contributed by atoms with Crippen molar-refractivity contribution in [3.05, 3.63) is 115 Å². The van der Waals surface area contributed by atoms with E-state index in [1.165, 1.54) is 12.1 Å². The zero-order valence-corrected chi connectivity index (χ0v) is 19.9. The molecule has 0 fully saturated rings. The summed E-state index contributed by atoms with van der Waals surface area (Å²) in [6.45, 7) is 0. The maximum Gasteiger partial charge on any atom is 0.417 e. The van der Waals surface area contributed by atoms with Crippen molar-refractivity contribution in [1.82, 2.24) is 20.2 Å². The van der Waals surface area contributed by atoms with Crippen LogP contribution in [-0.2, 0) is 6.18 Å². The van der Waals surface area contributed by atoms with Gasteiger partial charge in [-0.15, -0.1) is 0 Å². The molecule has 2 aromatic heterocycles. The lowest BCUT2D eigenvalue weighted by atomic mass is 10.0. The van der Waals surface area contributed by atoms with Crippen LogP contribution in [0.1, 0.15) is 5.56 Å². The van der Waals surface area contributed by atoms with Crippen LogP contribution in [0.4, 0.5) is 24.8 Å². The number of H-pyrrole nitrogens is 1. The minimum Gasteiger partial charge on any atom is -0.324 e. The van der Waals surface area contributed by atoms with E-state index in [9.17, 15) is 13.2 Å². The lowest BCUT2D eigenvalue weighted by Crippen LogP contribution is -2.09. The number of hydrogen-bond donors (Lipinski definition) is 2. The quantitative estimate of drug-likeness (QED) is 0.247. The molecule has 0 saturated carbocycles. The molecule has 6 rings (SSSR count). The first-order chi connectivity index (χ1) is 18.5. The van der Waals surface area contributed by atoms with Crippen LogP contribution in [0, 0.1) is 0 Å². The predicted octanol–water partition coefficient (Wildman–Crippen LogP) is 8.12. The van der Waals surface area contributed by atoms with Crippen molar-refractivity contribution in [3.8, 4) is 33.8 Å². The molecule has 8 heteroatoms. The van der Waals surface area contributed by atoms with Crippen LogP contribution >= 0.6 is 0 Å². The van der Waals surface area contributed by atoms with Crippen LogP contribution in [-0.4, -0.2) is 20.2 Å². The molecule has 6 aromatic rings. The highest BCUT2D eigenvalue weighted by molar-refractivity contribution is 5.96. The number of halogens is 3. The Morgan fingerprint density at radius 2 is 1.29 bits per heavy atom. The minimum atomic E-state index is -4.55. The number of benzene rings is 4. The second kappa shape index (κ2) is 9.48. The second-order valence-corrected chi connectivity index (χ2v) is 8.64. The van der Waals surface area contributed by atoms with Gasteiger partial charge in [0.2, 0.25) is 0 Å². The van der Waals surface area contributed by atoms with Gasteiger partial charge in [-0.2, -0.15) is 18.3 Å². The van der Waals surface area contributed by atoms with Crippen molar-refractivity contribution < 1.29 is 13.2 Å². The number of rotatable bonds is 5. The number of aromatic amines is 1. The maximum absolute atomic E-state index is 13.8. The van der Waals surface area contributed by atoms with Crippen molar-refractivity contribution in [1.29, 1.82) is 0 Å². The first-order valence-corrected chi connectivity index (χ1v) is 11.9. The Morgan fingerprint density at radius 1 is 0.658 bits per heavy atom. The maximum atomic E-state index is 13.8. The van der Waals surface area contributed by atoms with Gasteiger partial charge in [0.25, 0.3) is 0 Å². The van der Waals surface area contributed by atoms with Crippen LogP contribution in [0.25, 0.3) is 44.7 Å². The average Bonchev–Trinajstić information content (AvgIpc) is 3.37. The Labute approximate surface area is 216 Å². The molecule has 5 nitrogen and oxygen atoms in total. The van der Waals surface area contributed by atoms with E-state index < -0.39 is 11.7 Å². The van der Waals surface area contributed by atoms with Gasteiger partial charge in [0.05, 0.1) is 16.6 Å². The molecule has 0 radical (unpaired) electrons. The molecule has 0 bridgehead atoms. The van der Waals surface area contributed by atoms with Crippen LogP contribution in [0.15, 0.2) is 109 Å². The Kier molecular flexibility index (Phi) is 5.84. The first kappa shape index (κ1) is 23.4. The molecule has 2 N–H and O–H groups in total. The third-order valence-electron chi connectivity index (χ3n) is 6.20. The van der Waals surface area contributed by atoms with Gasteiger partial charge in [-0.05, 0) is 23.8 Å². The Bertz CT molecular complexity index is 1730. The van der Waals surface area contributed by atoms with Crippen LogP contribution in [0.3, 0.4) is 0 Å². The first-order valence-electron chi connectivity index (χ1n) is 11.9. The summed E-state index contributed by atoms with van der Waals surface area (Å²) in [7, 11) is 0. The van der Waals surface area contributed by atoms with Crippen LogP contribution < -0.4 is 5.32 Å². The fourth-order valence-corrected chi connectivity index (χ4v) is 4.46. The molecule has 0 atom stereocenters. The predicted molar refractivity (Wildman–Crippen MR) is 143 cm³/mol. The second-order valence-electron chi connectivity index (χ2n) is 8.64. The molecule has 0 aliphatic heterocycles. The van der Waals surface area contributed by atoms with Crippen LogP contribution in [0.5, 0.6) is 0 Å². The number of nitrogens with zero attached hydrogens (tertiary/aromatic N) is 3. The SMILES string of the molecule is FC(F)(F)c1ccccc1-c1nc(Nc2[nH]nc(-c3ccccc3)c2-c2ccccc2)c2ccccc2n1. The van der Waals surface area contributed by atoms with E-state index >= 15 is 0 Å². The lowest BCUT2D eigenvalue weighted by molar-refractivity contribution is -0.137. The average molecular weight is 508 g/mol. The standard InChI is InChI=1S/C30H20F3N5/c31-30(32,33)23-17-9-7-15-21(23)27-34-24-18-10-8-16-22(24)28(35-27)36-29-25(19-11-3-1-4-12-19)26(37-38-29)20-13-5-2-6-14-20/h1-18H,(H2,34,35,36,37,38). The van der Waals surface area contributed by atoms with Gasteiger partial charge in [-0.1, -0.05) is 91.0 Å². The summed E-state index contributed by atoms with van der Waals surface area (Å²) in [6.07, 6.45) is -4.55. The third kappa shape index (κ3) is 4.37. The monoisotopic (exact) mass is 507 g/mol. The third-order valence-corrected chi connectivity index (χ3v) is 6.20. The van der Waals surface area contributed by atoms with Crippen molar-refractivity contribution >= 4 is 22.5 Å². The Hall–Kier alpha value is -4.98. The zero-order valence-electron chi connectivity index (χ0n) is 19.9. The summed E-state index contributed by atoms with van der Waals surface area (Å²) in [5.41, 5.74) is 3.02. The molecule has 0 unspecified atom stereocenters. The number of aromatic nitrogens is 4. The number of alkyl halides is 3. The molecule has 186 valence electrons. The van der Waals surface area contributed by atoms with Gasteiger partial charge >= 0.3 is 6.18 Å². The fourth-order valence-electron chi connectivity index (χ4n) is 4.46. The molecule has 0 amide bonds. The van der Waals surface area contributed by atoms with Gasteiger partial charge in [0.15, 0.2) is 5.82 Å². The summed E-state index contributed by atoms with van der Waals surface area (Å²) < 4.78 is 41.4. The van der Waals surface area contributed by atoms with E-state index in [0.717, 1.165) is 28.5 Å². The van der Waals surface area contributed by atoms with E-state index in [1.807, 2.05) is 72.8 Å². The molecular weight excluding hydrogens is 487 g/mol. The molecule has 0 spiro atoms. The lowest BCUT2D eigenvalue weighted by Gasteiger charge is -2.15. The van der Waals surface area contributed by atoms with Crippen molar-refractivity contribution in [2.75, 3.05) is 5.32 Å². The van der Waals surface area contributed by atoms with Gasteiger partial charge in [0.1, 0.15) is 17.3 Å². The highest BCUT2D eigenvalue weighted by Gasteiger charge is 2.34. The molecule has 0 aliphatic carbocycles. The summed E-state index contributed by atoms with van der Waals surface area (Å²) in [5.74, 6) is 0.903.